The lowest BCUT2D eigenvalue weighted by atomic mass is 9.86. The highest BCUT2D eigenvalue weighted by Crippen LogP contribution is 2.42. The molecule has 0 fully saturated rings. The van der Waals surface area contributed by atoms with Crippen LogP contribution in [0.15, 0.2) is 24.3 Å². The predicted octanol–water partition coefficient (Wildman–Crippen LogP) is 2.86. The summed E-state index contributed by atoms with van der Waals surface area (Å²) in [6.45, 7) is 8.40. The van der Waals surface area contributed by atoms with Crippen molar-refractivity contribution in [2.75, 3.05) is 12.0 Å². The summed E-state index contributed by atoms with van der Waals surface area (Å²) in [4.78, 5) is 14.6. The summed E-state index contributed by atoms with van der Waals surface area (Å²) in [7, 11) is 1.65. The fraction of sp³-hybridized carbons (Fsp3) is 0.500. The highest BCUT2D eigenvalue weighted by Gasteiger charge is 2.38. The Morgan fingerprint density at radius 3 is 2.70 bits per heavy atom. The molecule has 0 bridgehead atoms. The lowest BCUT2D eigenvalue weighted by Crippen LogP contribution is -2.57. The van der Waals surface area contributed by atoms with Gasteiger partial charge in [-0.3, -0.25) is 10.2 Å². The number of hydrogen-bond donors (Lipinski definition) is 2. The maximum absolute atomic E-state index is 12.4. The second-order valence-electron chi connectivity index (χ2n) is 6.55. The molecule has 3 N–H and O–H groups in total. The van der Waals surface area contributed by atoms with Crippen molar-refractivity contribution < 1.29 is 9.53 Å². The van der Waals surface area contributed by atoms with Crippen molar-refractivity contribution in [1.29, 1.82) is 0 Å². The number of anilines is 1. The van der Waals surface area contributed by atoms with E-state index in [-0.39, 0.29) is 17.5 Å². The molecule has 1 atom stereocenters. The lowest BCUT2D eigenvalue weighted by Gasteiger charge is -2.47. The number of carbonyl (C=O) groups excluding carboxylic acids is 1. The van der Waals surface area contributed by atoms with Crippen LogP contribution in [-0.2, 0) is 4.79 Å². The molecule has 1 aliphatic rings. The topological polar surface area (TPSA) is 67.6 Å². The zero-order chi connectivity index (χ0) is 17.2. The Morgan fingerprint density at radius 1 is 1.43 bits per heavy atom. The minimum absolute atomic E-state index is 0.165. The van der Waals surface area contributed by atoms with Gasteiger partial charge in [0.15, 0.2) is 0 Å². The first-order chi connectivity index (χ1) is 10.9. The molecule has 0 radical (unpaired) electrons. The molecular formula is C18H27N3O2. The Kier molecular flexibility index (Phi) is 5.00. The summed E-state index contributed by atoms with van der Waals surface area (Å²) in [5, 5.41) is 0. The van der Waals surface area contributed by atoms with Crippen molar-refractivity contribution in [2.45, 2.75) is 52.1 Å². The molecule has 1 aromatic carbocycles. The molecule has 0 saturated carbocycles. The summed E-state index contributed by atoms with van der Waals surface area (Å²) in [6.07, 6.45) is 3.83. The molecule has 1 amide bonds. The number of fused-ring (bicyclic) bond motifs is 1. The number of nitrogens with two attached hydrogens (primary N) is 1. The largest absolute Gasteiger partial charge is 0.497 e. The third-order valence-corrected chi connectivity index (χ3v) is 4.40. The van der Waals surface area contributed by atoms with Crippen molar-refractivity contribution in [1.82, 2.24) is 5.43 Å². The van der Waals surface area contributed by atoms with Crippen LogP contribution in [0.5, 0.6) is 5.75 Å². The number of nitrogens with one attached hydrogen (secondary N) is 1. The number of rotatable bonds is 5. The van der Waals surface area contributed by atoms with Crippen LogP contribution in [-0.4, -0.2) is 24.6 Å². The number of ether oxygens (including phenoxy) is 1. The van der Waals surface area contributed by atoms with Crippen LogP contribution in [0.1, 0.15) is 46.1 Å². The summed E-state index contributed by atoms with van der Waals surface area (Å²) in [5.41, 5.74) is 5.36. The van der Waals surface area contributed by atoms with Gasteiger partial charge >= 0.3 is 0 Å². The minimum atomic E-state index is -0.324. The van der Waals surface area contributed by atoms with E-state index in [9.17, 15) is 4.79 Å². The van der Waals surface area contributed by atoms with Gasteiger partial charge in [-0.1, -0.05) is 19.4 Å². The lowest BCUT2D eigenvalue weighted by molar-refractivity contribution is -0.122. The molecule has 0 aliphatic carbocycles. The van der Waals surface area contributed by atoms with Crippen molar-refractivity contribution in [3.63, 3.8) is 0 Å². The highest BCUT2D eigenvalue weighted by molar-refractivity contribution is 5.90. The van der Waals surface area contributed by atoms with Crippen LogP contribution in [0.4, 0.5) is 5.69 Å². The van der Waals surface area contributed by atoms with Crippen molar-refractivity contribution in [3.05, 3.63) is 29.8 Å². The first-order valence-electron chi connectivity index (χ1n) is 8.03. The van der Waals surface area contributed by atoms with Crippen LogP contribution >= 0.6 is 0 Å². The van der Waals surface area contributed by atoms with E-state index >= 15 is 0 Å². The van der Waals surface area contributed by atoms with E-state index < -0.39 is 0 Å². The molecule has 23 heavy (non-hydrogen) atoms. The van der Waals surface area contributed by atoms with E-state index in [2.05, 4.69) is 44.1 Å². The van der Waals surface area contributed by atoms with Gasteiger partial charge in [-0.2, -0.15) is 0 Å². The molecule has 0 spiro atoms. The van der Waals surface area contributed by atoms with E-state index in [1.54, 1.807) is 7.11 Å². The molecule has 126 valence electrons. The molecular weight excluding hydrogens is 290 g/mol. The molecule has 5 heteroatoms. The van der Waals surface area contributed by atoms with E-state index in [0.717, 1.165) is 29.8 Å². The molecule has 0 aromatic heterocycles. The number of allylic oxidation sites excluding steroid dienone is 1. The number of carbonyl (C=O) groups is 1. The van der Waals surface area contributed by atoms with Crippen LogP contribution in [0.2, 0.25) is 0 Å². The number of hydrazine groups is 1. The van der Waals surface area contributed by atoms with Crippen LogP contribution in [0, 0.1) is 0 Å². The number of methoxy groups -OCH3 is 1. The van der Waals surface area contributed by atoms with Gasteiger partial charge in [0.1, 0.15) is 11.8 Å². The van der Waals surface area contributed by atoms with Crippen molar-refractivity contribution in [2.24, 2.45) is 5.84 Å². The number of nitrogens with zero attached hydrogens (tertiary/aromatic N) is 1. The fourth-order valence-corrected chi connectivity index (χ4v) is 3.48. The van der Waals surface area contributed by atoms with Gasteiger partial charge in [-0.05, 0) is 44.9 Å². The second kappa shape index (κ2) is 6.62. The normalized spacial score (nSPS) is 17.1. The predicted molar refractivity (Wildman–Crippen MR) is 94.2 cm³/mol. The van der Waals surface area contributed by atoms with Crippen molar-refractivity contribution in [3.8, 4) is 5.75 Å². The maximum atomic E-state index is 12.4. The van der Waals surface area contributed by atoms with E-state index in [0.29, 0.717) is 0 Å². The molecule has 1 aliphatic heterocycles. The molecule has 2 rings (SSSR count). The first kappa shape index (κ1) is 17.3. The van der Waals surface area contributed by atoms with Gasteiger partial charge in [0.25, 0.3) is 5.91 Å². The number of amides is 1. The highest BCUT2D eigenvalue weighted by atomic mass is 16.5. The van der Waals surface area contributed by atoms with Crippen LogP contribution in [0.3, 0.4) is 0 Å². The van der Waals surface area contributed by atoms with Gasteiger partial charge in [0.2, 0.25) is 0 Å². The quantitative estimate of drug-likeness (QED) is 0.498. The van der Waals surface area contributed by atoms with Crippen LogP contribution < -0.4 is 20.9 Å². The monoisotopic (exact) mass is 317 g/mol. The first-order valence-corrected chi connectivity index (χ1v) is 8.03. The Labute approximate surface area is 138 Å². The third-order valence-electron chi connectivity index (χ3n) is 4.40. The van der Waals surface area contributed by atoms with Crippen molar-refractivity contribution >= 4 is 17.2 Å². The Morgan fingerprint density at radius 2 is 2.13 bits per heavy atom. The molecule has 1 heterocycles. The molecule has 5 nitrogen and oxygen atoms in total. The second-order valence-corrected chi connectivity index (χ2v) is 6.55. The summed E-state index contributed by atoms with van der Waals surface area (Å²) in [5.74, 6) is 6.05. The Hall–Kier alpha value is -2.01. The van der Waals surface area contributed by atoms with E-state index in [1.807, 2.05) is 18.2 Å². The minimum Gasteiger partial charge on any atom is -0.497 e. The maximum Gasteiger partial charge on any atom is 0.256 e. The fourth-order valence-electron chi connectivity index (χ4n) is 3.48. The van der Waals surface area contributed by atoms with Gasteiger partial charge in [0.05, 0.1) is 12.6 Å². The molecule has 0 unspecified atom stereocenters. The number of benzene rings is 1. The zero-order valence-corrected chi connectivity index (χ0v) is 14.6. The number of hydrogen-bond acceptors (Lipinski definition) is 4. The average molecular weight is 317 g/mol. The summed E-state index contributed by atoms with van der Waals surface area (Å²) >= 11 is 0. The molecule has 1 aromatic rings. The van der Waals surface area contributed by atoms with E-state index in [1.165, 1.54) is 5.57 Å². The summed E-state index contributed by atoms with van der Waals surface area (Å²) < 4.78 is 5.39. The standard InChI is InChI=1S/C18H27N3O2/c1-6-7-15(17(22)20-19)21-16-10-13(23-5)8-9-14(16)12(2)11-18(21,3)4/h8-11,15H,6-7,19H2,1-5H3,(H,20,22)/t15-/m0/s1. The Balaban J connectivity index is 2.62. The van der Waals surface area contributed by atoms with Crippen LogP contribution in [0.25, 0.3) is 5.57 Å². The third kappa shape index (κ3) is 3.20. The Bertz CT molecular complexity index is 623. The van der Waals surface area contributed by atoms with Gasteiger partial charge in [-0.25, -0.2) is 5.84 Å². The average Bonchev–Trinajstić information content (AvgIpc) is 2.51. The SMILES string of the molecule is CCC[C@@H](C(=O)NN)N1c2cc(OC)ccc2C(C)=CC1(C)C. The van der Waals surface area contributed by atoms with E-state index in [4.69, 9.17) is 10.6 Å². The van der Waals surface area contributed by atoms with Gasteiger partial charge in [0, 0.05) is 17.3 Å². The zero-order valence-electron chi connectivity index (χ0n) is 14.6. The smallest absolute Gasteiger partial charge is 0.256 e. The molecule has 0 saturated heterocycles. The van der Waals surface area contributed by atoms with Gasteiger partial charge in [-0.15, -0.1) is 0 Å². The van der Waals surface area contributed by atoms with Gasteiger partial charge < -0.3 is 9.64 Å². The summed E-state index contributed by atoms with van der Waals surface area (Å²) in [6, 6.07) is 5.67.